The van der Waals surface area contributed by atoms with Gasteiger partial charge in [-0.3, -0.25) is 14.9 Å². The van der Waals surface area contributed by atoms with Gasteiger partial charge in [0, 0.05) is 18.8 Å². The van der Waals surface area contributed by atoms with Crippen LogP contribution in [0.3, 0.4) is 0 Å². The van der Waals surface area contributed by atoms with Gasteiger partial charge < -0.3 is 24.9 Å². The number of aromatic nitrogens is 4. The van der Waals surface area contributed by atoms with Crippen molar-refractivity contribution in [3.63, 3.8) is 0 Å². The van der Waals surface area contributed by atoms with E-state index in [0.717, 1.165) is 48.3 Å². The van der Waals surface area contributed by atoms with Crippen LogP contribution in [0.15, 0.2) is 48.8 Å². The van der Waals surface area contributed by atoms with Gasteiger partial charge in [0.25, 0.3) is 11.8 Å². The quantitative estimate of drug-likeness (QED) is 0.339. The molecule has 0 atom stereocenters. The van der Waals surface area contributed by atoms with Gasteiger partial charge in [-0.25, -0.2) is 9.97 Å². The van der Waals surface area contributed by atoms with Gasteiger partial charge in [0.1, 0.15) is 17.5 Å². The predicted molar refractivity (Wildman–Crippen MR) is 133 cm³/mol. The minimum Gasteiger partial charge on any atom is -0.490 e. The Morgan fingerprint density at radius 1 is 1.09 bits per heavy atom. The number of carbonyl (C=O) groups excluding carboxylic acids is 2. The largest absolute Gasteiger partial charge is 0.490 e. The number of nitrogens with one attached hydrogen (secondary N) is 4. The lowest BCUT2D eigenvalue weighted by Gasteiger charge is -2.29. The number of benzene rings is 2. The standard InChI is InChI=1S/C25H27N7O3/c1-15-13-17(35-16-9-11-32(2)12-10-16)7-8-18(15)28-23(33)21-22(27-14-26-21)24(34)31-25-29-19-5-3-4-6-20(19)30-25/h3-8,13-14,16H,9-12H2,1-2H3,(H,26,27)(H,28,33)(H2,29,30,31,34). The van der Waals surface area contributed by atoms with E-state index in [1.54, 1.807) is 6.07 Å². The third kappa shape index (κ3) is 5.02. The minimum atomic E-state index is -0.523. The number of amides is 2. The Labute approximate surface area is 202 Å². The van der Waals surface area contributed by atoms with Crippen LogP contribution in [0.25, 0.3) is 11.0 Å². The molecule has 5 rings (SSSR count). The Morgan fingerprint density at radius 2 is 1.89 bits per heavy atom. The number of hydrogen-bond donors (Lipinski definition) is 4. The first-order chi connectivity index (χ1) is 17.0. The topological polar surface area (TPSA) is 128 Å². The molecule has 1 fully saturated rings. The van der Waals surface area contributed by atoms with Crippen LogP contribution in [-0.4, -0.2) is 62.9 Å². The maximum Gasteiger partial charge on any atom is 0.276 e. The number of piperidine rings is 1. The van der Waals surface area contributed by atoms with Crippen LogP contribution in [-0.2, 0) is 0 Å². The molecule has 1 aliphatic rings. The van der Waals surface area contributed by atoms with E-state index in [4.69, 9.17) is 4.74 Å². The van der Waals surface area contributed by atoms with Crippen LogP contribution in [0.1, 0.15) is 39.4 Å². The van der Waals surface area contributed by atoms with E-state index in [9.17, 15) is 9.59 Å². The molecule has 1 aliphatic heterocycles. The van der Waals surface area contributed by atoms with Gasteiger partial charge in [-0.15, -0.1) is 0 Å². The van der Waals surface area contributed by atoms with Crippen molar-refractivity contribution in [2.24, 2.45) is 0 Å². The lowest BCUT2D eigenvalue weighted by Crippen LogP contribution is -2.35. The van der Waals surface area contributed by atoms with Crippen LogP contribution >= 0.6 is 0 Å². The highest BCUT2D eigenvalue weighted by molar-refractivity contribution is 6.13. The lowest BCUT2D eigenvalue weighted by molar-refractivity contribution is 0.0985. The first-order valence-corrected chi connectivity index (χ1v) is 11.5. The molecule has 3 heterocycles. The van der Waals surface area contributed by atoms with Crippen LogP contribution < -0.4 is 15.4 Å². The number of imidazole rings is 2. The Hall–Kier alpha value is -4.18. The third-order valence-electron chi connectivity index (χ3n) is 6.12. The molecule has 2 aromatic carbocycles. The summed E-state index contributed by atoms with van der Waals surface area (Å²) >= 11 is 0. The average molecular weight is 474 g/mol. The molecule has 2 aromatic heterocycles. The number of rotatable bonds is 6. The Kier molecular flexibility index (Phi) is 6.19. The second kappa shape index (κ2) is 9.59. The average Bonchev–Trinajstić information content (AvgIpc) is 3.49. The van der Waals surface area contributed by atoms with Crippen molar-refractivity contribution in [1.82, 2.24) is 24.8 Å². The first kappa shape index (κ1) is 22.6. The fourth-order valence-corrected chi connectivity index (χ4v) is 4.15. The summed E-state index contributed by atoms with van der Waals surface area (Å²) in [5, 5.41) is 5.52. The van der Waals surface area contributed by atoms with Gasteiger partial charge in [0.2, 0.25) is 5.95 Å². The number of carbonyl (C=O) groups is 2. The van der Waals surface area contributed by atoms with Crippen molar-refractivity contribution in [3.05, 3.63) is 65.7 Å². The van der Waals surface area contributed by atoms with E-state index in [1.165, 1.54) is 6.33 Å². The molecule has 1 saturated heterocycles. The molecule has 35 heavy (non-hydrogen) atoms. The number of nitrogens with zero attached hydrogens (tertiary/aromatic N) is 3. The summed E-state index contributed by atoms with van der Waals surface area (Å²) in [7, 11) is 2.12. The molecule has 180 valence electrons. The summed E-state index contributed by atoms with van der Waals surface area (Å²) in [5.41, 5.74) is 3.03. The van der Waals surface area contributed by atoms with Crippen molar-refractivity contribution in [2.45, 2.75) is 25.9 Å². The number of hydrogen-bond acceptors (Lipinski definition) is 6. The van der Waals surface area contributed by atoms with Gasteiger partial charge in [0.15, 0.2) is 5.69 Å². The third-order valence-corrected chi connectivity index (χ3v) is 6.12. The molecule has 4 N–H and O–H groups in total. The van der Waals surface area contributed by atoms with E-state index in [0.29, 0.717) is 5.69 Å². The van der Waals surface area contributed by atoms with E-state index in [2.05, 4.69) is 42.5 Å². The number of aryl methyl sites for hydroxylation is 1. The summed E-state index contributed by atoms with van der Waals surface area (Å²) in [5.74, 6) is 0.0484. The lowest BCUT2D eigenvalue weighted by atomic mass is 10.1. The first-order valence-electron chi connectivity index (χ1n) is 11.5. The SMILES string of the molecule is Cc1cc(OC2CCN(C)CC2)ccc1NC(=O)c1nc[nH]c1C(=O)Nc1nc2ccccc2[nH]1. The summed E-state index contributed by atoms with van der Waals surface area (Å²) in [4.78, 5) is 42.2. The number of H-pyrrole nitrogens is 2. The van der Waals surface area contributed by atoms with Crippen molar-refractivity contribution >= 4 is 34.5 Å². The zero-order valence-electron chi connectivity index (χ0n) is 19.6. The number of fused-ring (bicyclic) bond motifs is 1. The summed E-state index contributed by atoms with van der Waals surface area (Å²) < 4.78 is 6.13. The van der Waals surface area contributed by atoms with E-state index in [-0.39, 0.29) is 23.4 Å². The zero-order chi connectivity index (χ0) is 24.4. The van der Waals surface area contributed by atoms with E-state index in [1.807, 2.05) is 43.3 Å². The second-order valence-electron chi connectivity index (χ2n) is 8.73. The van der Waals surface area contributed by atoms with E-state index >= 15 is 0 Å². The van der Waals surface area contributed by atoms with Crippen molar-refractivity contribution in [1.29, 1.82) is 0 Å². The molecule has 2 amide bonds. The van der Waals surface area contributed by atoms with Crippen LogP contribution in [0.4, 0.5) is 11.6 Å². The maximum atomic E-state index is 12.9. The molecule has 10 nitrogen and oxygen atoms in total. The molecular weight excluding hydrogens is 446 g/mol. The highest BCUT2D eigenvalue weighted by Gasteiger charge is 2.22. The molecule has 0 radical (unpaired) electrons. The Morgan fingerprint density at radius 3 is 2.66 bits per heavy atom. The molecule has 0 bridgehead atoms. The van der Waals surface area contributed by atoms with Gasteiger partial charge >= 0.3 is 0 Å². The second-order valence-corrected chi connectivity index (χ2v) is 8.73. The number of ether oxygens (including phenoxy) is 1. The van der Waals surface area contributed by atoms with Crippen molar-refractivity contribution < 1.29 is 14.3 Å². The van der Waals surface area contributed by atoms with Gasteiger partial charge in [-0.05, 0) is 62.7 Å². The number of para-hydroxylation sites is 2. The fourth-order valence-electron chi connectivity index (χ4n) is 4.15. The van der Waals surface area contributed by atoms with Crippen molar-refractivity contribution in [2.75, 3.05) is 30.8 Å². The maximum absolute atomic E-state index is 12.9. The van der Waals surface area contributed by atoms with Gasteiger partial charge in [0.05, 0.1) is 17.4 Å². The van der Waals surface area contributed by atoms with Gasteiger partial charge in [-0.2, -0.15) is 0 Å². The summed E-state index contributed by atoms with van der Waals surface area (Å²) in [6.07, 6.45) is 3.49. The molecule has 0 aliphatic carbocycles. The highest BCUT2D eigenvalue weighted by Crippen LogP contribution is 2.25. The number of anilines is 2. The Balaban J connectivity index is 1.25. The minimum absolute atomic E-state index is 0.00957. The van der Waals surface area contributed by atoms with Crippen molar-refractivity contribution in [3.8, 4) is 5.75 Å². The van der Waals surface area contributed by atoms with Crippen LogP contribution in [0.5, 0.6) is 5.75 Å². The number of likely N-dealkylation sites (tertiary alicyclic amines) is 1. The summed E-state index contributed by atoms with van der Waals surface area (Å²) in [6.45, 7) is 3.94. The number of aromatic amines is 2. The normalized spacial score (nSPS) is 14.7. The van der Waals surface area contributed by atoms with E-state index < -0.39 is 11.8 Å². The van der Waals surface area contributed by atoms with Crippen LogP contribution in [0, 0.1) is 6.92 Å². The summed E-state index contributed by atoms with van der Waals surface area (Å²) in [6, 6.07) is 13.0. The molecule has 10 heteroatoms. The monoisotopic (exact) mass is 473 g/mol. The molecule has 0 spiro atoms. The molecular formula is C25H27N7O3. The molecule has 0 saturated carbocycles. The van der Waals surface area contributed by atoms with Crippen LogP contribution in [0.2, 0.25) is 0 Å². The molecule has 4 aromatic rings. The predicted octanol–water partition coefficient (Wildman–Crippen LogP) is 3.57. The zero-order valence-corrected chi connectivity index (χ0v) is 19.6. The molecule has 0 unspecified atom stereocenters. The van der Waals surface area contributed by atoms with Gasteiger partial charge in [-0.1, -0.05) is 12.1 Å². The Bertz CT molecular complexity index is 1340. The smallest absolute Gasteiger partial charge is 0.276 e. The highest BCUT2D eigenvalue weighted by atomic mass is 16.5. The fraction of sp³-hybridized carbons (Fsp3) is 0.280.